The van der Waals surface area contributed by atoms with Crippen molar-refractivity contribution in [2.24, 2.45) is 0 Å². The van der Waals surface area contributed by atoms with E-state index in [9.17, 15) is 14.7 Å². The standard InChI is InChI=1S/C35H38N2O7/c1-41-31-17-13-28(14-18-31)35(27-11-7-4-8-12-27,29-15-19-32(42-2)20-16-29)44-25-30(23-38)37-33(39)21-22-36-34(40)43-24-26-9-5-3-6-10-26/h3-20,30,38H,21-25H2,1-2H3,(H,36,40)(H,37,39)/t30-/m1/s1. The molecule has 230 valence electrons. The van der Waals surface area contributed by atoms with Gasteiger partial charge in [-0.2, -0.15) is 0 Å². The molecule has 0 bridgehead atoms. The number of amides is 2. The van der Waals surface area contributed by atoms with Gasteiger partial charge in [0, 0.05) is 13.0 Å². The first-order chi connectivity index (χ1) is 21.5. The molecule has 4 rings (SSSR count). The second kappa shape index (κ2) is 16.1. The van der Waals surface area contributed by atoms with Crippen LogP contribution in [0.5, 0.6) is 11.5 Å². The quantitative estimate of drug-likeness (QED) is 0.168. The number of carbonyl (C=O) groups excluding carboxylic acids is 2. The van der Waals surface area contributed by atoms with E-state index in [1.54, 1.807) is 14.2 Å². The number of hydrogen-bond donors (Lipinski definition) is 3. The summed E-state index contributed by atoms with van der Waals surface area (Å²) in [4.78, 5) is 24.8. The third-order valence-corrected chi connectivity index (χ3v) is 7.09. The van der Waals surface area contributed by atoms with Crippen molar-refractivity contribution in [3.8, 4) is 11.5 Å². The summed E-state index contributed by atoms with van der Waals surface area (Å²) in [6, 6.07) is 33.5. The number of rotatable bonds is 15. The van der Waals surface area contributed by atoms with Crippen molar-refractivity contribution in [2.45, 2.75) is 24.7 Å². The highest BCUT2D eigenvalue weighted by atomic mass is 16.5. The highest BCUT2D eigenvalue weighted by Gasteiger charge is 2.38. The van der Waals surface area contributed by atoms with E-state index >= 15 is 0 Å². The number of alkyl carbamates (subject to hydrolysis) is 1. The van der Waals surface area contributed by atoms with Gasteiger partial charge in [-0.05, 0) is 46.5 Å². The van der Waals surface area contributed by atoms with E-state index in [0.29, 0.717) is 11.5 Å². The Morgan fingerprint density at radius 3 is 1.80 bits per heavy atom. The Hall–Kier alpha value is -4.86. The van der Waals surface area contributed by atoms with Crippen LogP contribution in [0.2, 0.25) is 0 Å². The highest BCUT2D eigenvalue weighted by molar-refractivity contribution is 5.77. The SMILES string of the molecule is COc1ccc(C(OC[C@@H](CO)NC(=O)CCNC(=O)OCc2ccccc2)(c2ccccc2)c2ccc(OC)cc2)cc1. The van der Waals surface area contributed by atoms with Crippen LogP contribution in [0.15, 0.2) is 109 Å². The Morgan fingerprint density at radius 1 is 0.750 bits per heavy atom. The minimum Gasteiger partial charge on any atom is -0.497 e. The summed E-state index contributed by atoms with van der Waals surface area (Å²) in [6.07, 6.45) is -0.618. The Labute approximate surface area is 257 Å². The molecule has 0 fully saturated rings. The molecule has 4 aromatic carbocycles. The lowest BCUT2D eigenvalue weighted by atomic mass is 9.80. The molecule has 2 amide bonds. The van der Waals surface area contributed by atoms with Crippen LogP contribution in [0.25, 0.3) is 0 Å². The average Bonchev–Trinajstić information content (AvgIpc) is 3.08. The minimum absolute atomic E-state index is 0.00226. The smallest absolute Gasteiger partial charge is 0.407 e. The van der Waals surface area contributed by atoms with Gasteiger partial charge in [0.1, 0.15) is 23.7 Å². The van der Waals surface area contributed by atoms with Crippen molar-refractivity contribution in [3.05, 3.63) is 131 Å². The molecule has 0 saturated carbocycles. The Kier molecular flexibility index (Phi) is 11.7. The van der Waals surface area contributed by atoms with E-state index < -0.39 is 17.7 Å². The molecule has 0 radical (unpaired) electrons. The van der Waals surface area contributed by atoms with Crippen LogP contribution in [0.1, 0.15) is 28.7 Å². The molecule has 0 spiro atoms. The lowest BCUT2D eigenvalue weighted by molar-refractivity contribution is -0.123. The lowest BCUT2D eigenvalue weighted by Gasteiger charge is -2.37. The zero-order valence-electron chi connectivity index (χ0n) is 24.9. The van der Waals surface area contributed by atoms with Gasteiger partial charge in [-0.25, -0.2) is 4.79 Å². The van der Waals surface area contributed by atoms with Gasteiger partial charge in [0.25, 0.3) is 0 Å². The van der Waals surface area contributed by atoms with Gasteiger partial charge >= 0.3 is 6.09 Å². The van der Waals surface area contributed by atoms with Crippen LogP contribution in [-0.4, -0.2) is 57.1 Å². The summed E-state index contributed by atoms with van der Waals surface area (Å²) in [5.74, 6) is 1.04. The zero-order valence-corrected chi connectivity index (χ0v) is 24.9. The minimum atomic E-state index is -1.10. The Bertz CT molecular complexity index is 1400. The maximum Gasteiger partial charge on any atom is 0.407 e. The summed E-state index contributed by atoms with van der Waals surface area (Å²) in [5, 5.41) is 15.6. The molecule has 44 heavy (non-hydrogen) atoms. The maximum atomic E-state index is 12.8. The van der Waals surface area contributed by atoms with Crippen LogP contribution in [0, 0.1) is 0 Å². The van der Waals surface area contributed by atoms with E-state index in [-0.39, 0.29) is 38.7 Å². The van der Waals surface area contributed by atoms with Gasteiger partial charge in [-0.1, -0.05) is 84.9 Å². The van der Waals surface area contributed by atoms with Gasteiger partial charge in [-0.3, -0.25) is 4.79 Å². The molecule has 0 aromatic heterocycles. The Morgan fingerprint density at radius 2 is 1.27 bits per heavy atom. The normalized spacial score (nSPS) is 11.7. The summed E-state index contributed by atoms with van der Waals surface area (Å²) < 4.78 is 22.7. The number of ether oxygens (including phenoxy) is 4. The molecular formula is C35H38N2O7. The molecule has 3 N–H and O–H groups in total. The number of benzene rings is 4. The van der Waals surface area contributed by atoms with Gasteiger partial charge in [-0.15, -0.1) is 0 Å². The van der Waals surface area contributed by atoms with Crippen LogP contribution in [-0.2, 0) is 26.5 Å². The second-order valence-electron chi connectivity index (χ2n) is 10.0. The highest BCUT2D eigenvalue weighted by Crippen LogP contribution is 2.41. The van der Waals surface area contributed by atoms with Crippen molar-refractivity contribution in [3.63, 3.8) is 0 Å². The predicted octanol–water partition coefficient (Wildman–Crippen LogP) is 4.81. The van der Waals surface area contributed by atoms with E-state index in [4.69, 9.17) is 18.9 Å². The fraction of sp³-hybridized carbons (Fsp3) is 0.257. The van der Waals surface area contributed by atoms with Crippen LogP contribution >= 0.6 is 0 Å². The fourth-order valence-electron chi connectivity index (χ4n) is 4.79. The largest absolute Gasteiger partial charge is 0.497 e. The molecule has 1 atom stereocenters. The number of methoxy groups -OCH3 is 2. The monoisotopic (exact) mass is 598 g/mol. The van der Waals surface area contributed by atoms with Crippen LogP contribution in [0.4, 0.5) is 4.79 Å². The summed E-state index contributed by atoms with van der Waals surface area (Å²) in [6.45, 7) is -0.158. The van der Waals surface area contributed by atoms with Gasteiger partial charge < -0.3 is 34.7 Å². The first kappa shape index (κ1) is 32.1. The van der Waals surface area contributed by atoms with Crippen molar-refractivity contribution in [1.82, 2.24) is 10.6 Å². The van der Waals surface area contributed by atoms with Crippen molar-refractivity contribution >= 4 is 12.0 Å². The van der Waals surface area contributed by atoms with E-state index in [0.717, 1.165) is 22.3 Å². The molecule has 4 aromatic rings. The van der Waals surface area contributed by atoms with Gasteiger partial charge in [0.2, 0.25) is 5.91 Å². The first-order valence-corrected chi connectivity index (χ1v) is 14.3. The molecule has 0 aliphatic carbocycles. The molecule has 0 aliphatic rings. The van der Waals surface area contributed by atoms with Gasteiger partial charge in [0.05, 0.1) is 33.5 Å². The van der Waals surface area contributed by atoms with Crippen molar-refractivity contribution in [1.29, 1.82) is 0 Å². The lowest BCUT2D eigenvalue weighted by Crippen LogP contribution is -2.45. The molecule has 9 heteroatoms. The molecule has 0 aliphatic heterocycles. The second-order valence-corrected chi connectivity index (χ2v) is 10.0. The Balaban J connectivity index is 1.47. The molecule has 0 saturated heterocycles. The van der Waals surface area contributed by atoms with Crippen LogP contribution in [0.3, 0.4) is 0 Å². The third-order valence-electron chi connectivity index (χ3n) is 7.09. The molecular weight excluding hydrogens is 560 g/mol. The number of nitrogens with one attached hydrogen (secondary N) is 2. The summed E-state index contributed by atoms with van der Waals surface area (Å²) in [7, 11) is 3.22. The molecule has 0 unspecified atom stereocenters. The molecule has 0 heterocycles. The van der Waals surface area contributed by atoms with Crippen molar-refractivity contribution in [2.75, 3.05) is 34.0 Å². The fourth-order valence-corrected chi connectivity index (χ4v) is 4.79. The molecule has 9 nitrogen and oxygen atoms in total. The third kappa shape index (κ3) is 8.37. The number of aliphatic hydroxyl groups excluding tert-OH is 1. The number of carbonyl (C=O) groups is 2. The van der Waals surface area contributed by atoms with E-state index in [1.807, 2.05) is 109 Å². The van der Waals surface area contributed by atoms with E-state index in [2.05, 4.69) is 10.6 Å². The van der Waals surface area contributed by atoms with E-state index in [1.165, 1.54) is 0 Å². The number of aliphatic hydroxyl groups is 1. The summed E-state index contributed by atoms with van der Waals surface area (Å²) in [5.41, 5.74) is 2.28. The van der Waals surface area contributed by atoms with Gasteiger partial charge in [0.15, 0.2) is 0 Å². The first-order valence-electron chi connectivity index (χ1n) is 14.3. The maximum absolute atomic E-state index is 12.8. The topological polar surface area (TPSA) is 115 Å². The van der Waals surface area contributed by atoms with Crippen molar-refractivity contribution < 1.29 is 33.6 Å². The van der Waals surface area contributed by atoms with Crippen LogP contribution < -0.4 is 20.1 Å². The predicted molar refractivity (Wildman–Crippen MR) is 167 cm³/mol. The number of hydrogen-bond acceptors (Lipinski definition) is 7. The zero-order chi connectivity index (χ0) is 31.2. The summed E-state index contributed by atoms with van der Waals surface area (Å²) >= 11 is 0. The average molecular weight is 599 g/mol.